The highest BCUT2D eigenvalue weighted by molar-refractivity contribution is 6.66. The van der Waals surface area contributed by atoms with Gasteiger partial charge in [0.2, 0.25) is 0 Å². The second kappa shape index (κ2) is 3.28. The lowest BCUT2D eigenvalue weighted by Gasteiger charge is -2.11. The molecule has 0 aliphatic rings. The van der Waals surface area contributed by atoms with Crippen molar-refractivity contribution in [2.24, 2.45) is 4.99 Å². The van der Waals surface area contributed by atoms with Gasteiger partial charge in [-0.25, -0.2) is 8.78 Å². The van der Waals surface area contributed by atoms with Crippen LogP contribution >= 0.6 is 11.6 Å². The first-order chi connectivity index (χ1) is 4.33. The van der Waals surface area contributed by atoms with Gasteiger partial charge in [0.15, 0.2) is 5.17 Å². The smallest absolute Gasteiger partial charge is 0.266 e. The third kappa shape index (κ3) is 4.68. The minimum Gasteiger partial charge on any atom is -0.266 e. The van der Waals surface area contributed by atoms with E-state index in [1.807, 2.05) is 0 Å². The molecular formula is C6H10ClF2N. The Bertz CT molecular complexity index is 137. The van der Waals surface area contributed by atoms with Crippen LogP contribution in [0, 0.1) is 0 Å². The molecule has 0 aliphatic heterocycles. The maximum atomic E-state index is 11.7. The molecule has 4 heteroatoms. The van der Waals surface area contributed by atoms with Crippen LogP contribution in [0.3, 0.4) is 0 Å². The van der Waals surface area contributed by atoms with Crippen molar-refractivity contribution in [1.82, 2.24) is 0 Å². The fraction of sp³-hybridized carbons (Fsp3) is 0.833. The van der Waals surface area contributed by atoms with Gasteiger partial charge in [0.1, 0.15) is 0 Å². The van der Waals surface area contributed by atoms with Crippen molar-refractivity contribution in [3.05, 3.63) is 0 Å². The van der Waals surface area contributed by atoms with Gasteiger partial charge in [-0.05, 0) is 20.8 Å². The predicted molar refractivity (Wildman–Crippen MR) is 39.0 cm³/mol. The van der Waals surface area contributed by atoms with Crippen molar-refractivity contribution in [2.45, 2.75) is 32.7 Å². The van der Waals surface area contributed by atoms with E-state index in [1.165, 1.54) is 0 Å². The Morgan fingerprint density at radius 1 is 1.40 bits per heavy atom. The van der Waals surface area contributed by atoms with Crippen LogP contribution < -0.4 is 0 Å². The van der Waals surface area contributed by atoms with Crippen molar-refractivity contribution in [3.63, 3.8) is 0 Å². The standard InChI is InChI=1S/C6H10ClF2N/c1-6(2,3)10-4(7)5(8)9/h5H,1-3H3/b10-4-. The summed E-state index contributed by atoms with van der Waals surface area (Å²) in [7, 11) is 0. The molecule has 10 heavy (non-hydrogen) atoms. The summed E-state index contributed by atoms with van der Waals surface area (Å²) in [6, 6.07) is 0. The number of alkyl halides is 2. The van der Waals surface area contributed by atoms with Crippen LogP contribution in [0.2, 0.25) is 0 Å². The van der Waals surface area contributed by atoms with Gasteiger partial charge in [-0.3, -0.25) is 4.99 Å². The van der Waals surface area contributed by atoms with Crippen LogP contribution in [0.25, 0.3) is 0 Å². The minimum atomic E-state index is -2.65. The van der Waals surface area contributed by atoms with E-state index in [0.29, 0.717) is 0 Å². The molecule has 0 atom stereocenters. The maximum Gasteiger partial charge on any atom is 0.290 e. The minimum absolute atomic E-state index is 0.520. The molecule has 60 valence electrons. The summed E-state index contributed by atoms with van der Waals surface area (Å²) in [4.78, 5) is 3.54. The molecule has 0 aliphatic carbocycles. The first-order valence-corrected chi connectivity index (χ1v) is 3.24. The van der Waals surface area contributed by atoms with Crippen molar-refractivity contribution in [2.75, 3.05) is 0 Å². The van der Waals surface area contributed by atoms with E-state index in [0.717, 1.165) is 0 Å². The largest absolute Gasteiger partial charge is 0.290 e. The number of aliphatic imine (C=N–C) groups is 1. The van der Waals surface area contributed by atoms with Crippen molar-refractivity contribution in [3.8, 4) is 0 Å². The second-order valence-corrected chi connectivity index (χ2v) is 3.29. The number of hydrogen-bond donors (Lipinski definition) is 0. The SMILES string of the molecule is CC(C)(C)/N=C(\Cl)C(F)F. The van der Waals surface area contributed by atoms with E-state index in [9.17, 15) is 8.78 Å². The summed E-state index contributed by atoms with van der Waals surface area (Å²) in [6.07, 6.45) is -2.65. The third-order valence-electron chi connectivity index (χ3n) is 0.622. The zero-order valence-corrected chi connectivity index (χ0v) is 6.91. The Kier molecular flexibility index (Phi) is 3.22. The molecule has 1 nitrogen and oxygen atoms in total. The summed E-state index contributed by atoms with van der Waals surface area (Å²) < 4.78 is 23.4. The van der Waals surface area contributed by atoms with E-state index in [4.69, 9.17) is 11.6 Å². The predicted octanol–water partition coefficient (Wildman–Crippen LogP) is 2.69. The second-order valence-electron chi connectivity index (χ2n) is 2.91. The molecule has 0 aromatic heterocycles. The average Bonchev–Trinajstić information content (AvgIpc) is 1.60. The molecule has 0 aromatic rings. The van der Waals surface area contributed by atoms with Crippen molar-refractivity contribution in [1.29, 1.82) is 0 Å². The lowest BCUT2D eigenvalue weighted by Crippen LogP contribution is -2.15. The van der Waals surface area contributed by atoms with Gasteiger partial charge in [0.05, 0.1) is 5.54 Å². The highest BCUT2D eigenvalue weighted by atomic mass is 35.5. The topological polar surface area (TPSA) is 12.4 Å². The maximum absolute atomic E-state index is 11.7. The monoisotopic (exact) mass is 169 g/mol. The number of rotatable bonds is 1. The van der Waals surface area contributed by atoms with Gasteiger partial charge in [-0.2, -0.15) is 0 Å². The fourth-order valence-corrected chi connectivity index (χ4v) is 0.623. The molecule has 0 radical (unpaired) electrons. The summed E-state index contributed by atoms with van der Waals surface area (Å²) in [5.41, 5.74) is -0.520. The summed E-state index contributed by atoms with van der Waals surface area (Å²) in [6.45, 7) is 5.12. The molecule has 0 rings (SSSR count). The Morgan fingerprint density at radius 3 is 1.90 bits per heavy atom. The molecule has 0 heterocycles. The van der Waals surface area contributed by atoms with E-state index < -0.39 is 17.1 Å². The van der Waals surface area contributed by atoms with E-state index in [2.05, 4.69) is 4.99 Å². The molecule has 0 saturated carbocycles. The number of halogens is 3. The first-order valence-electron chi connectivity index (χ1n) is 2.86. The van der Waals surface area contributed by atoms with Gasteiger partial charge in [-0.1, -0.05) is 11.6 Å². The highest BCUT2D eigenvalue weighted by Crippen LogP contribution is 2.11. The average molecular weight is 170 g/mol. The summed E-state index contributed by atoms with van der Waals surface area (Å²) in [5, 5.41) is -0.618. The third-order valence-corrected chi connectivity index (χ3v) is 0.872. The number of hydrogen-bond acceptors (Lipinski definition) is 1. The van der Waals surface area contributed by atoms with E-state index in [1.54, 1.807) is 20.8 Å². The van der Waals surface area contributed by atoms with Crippen LogP contribution in [0.4, 0.5) is 8.78 Å². The molecule has 0 bridgehead atoms. The van der Waals surface area contributed by atoms with Gasteiger partial charge in [-0.15, -0.1) is 0 Å². The van der Waals surface area contributed by atoms with Gasteiger partial charge >= 0.3 is 0 Å². The lowest BCUT2D eigenvalue weighted by atomic mass is 10.1. The fourth-order valence-electron chi connectivity index (χ4n) is 0.369. The number of nitrogens with zero attached hydrogens (tertiary/aromatic N) is 1. The van der Waals surface area contributed by atoms with Crippen LogP contribution in [0.15, 0.2) is 4.99 Å². The van der Waals surface area contributed by atoms with Crippen molar-refractivity contribution < 1.29 is 8.78 Å². The molecule has 0 aromatic carbocycles. The Hall–Kier alpha value is -0.180. The van der Waals surface area contributed by atoms with Gasteiger partial charge in [0.25, 0.3) is 6.43 Å². The Balaban J connectivity index is 4.17. The molecule has 0 N–H and O–H groups in total. The van der Waals surface area contributed by atoms with Crippen LogP contribution in [0.5, 0.6) is 0 Å². The zero-order chi connectivity index (χ0) is 8.36. The molecule has 0 spiro atoms. The normalized spacial score (nSPS) is 14.5. The lowest BCUT2D eigenvalue weighted by molar-refractivity contribution is 0.227. The Labute approximate surface area is 64.1 Å². The van der Waals surface area contributed by atoms with Crippen LogP contribution in [-0.4, -0.2) is 17.1 Å². The first kappa shape index (κ1) is 9.82. The molecule has 0 amide bonds. The highest BCUT2D eigenvalue weighted by Gasteiger charge is 2.14. The summed E-state index contributed by atoms with van der Waals surface area (Å²) in [5.74, 6) is 0. The van der Waals surface area contributed by atoms with Crippen LogP contribution in [0.1, 0.15) is 20.8 Å². The molecule has 0 unspecified atom stereocenters. The quantitative estimate of drug-likeness (QED) is 0.536. The molecular weight excluding hydrogens is 160 g/mol. The Morgan fingerprint density at radius 2 is 1.80 bits per heavy atom. The molecule has 0 fully saturated rings. The van der Waals surface area contributed by atoms with Crippen LogP contribution in [-0.2, 0) is 0 Å². The van der Waals surface area contributed by atoms with Gasteiger partial charge < -0.3 is 0 Å². The van der Waals surface area contributed by atoms with Gasteiger partial charge in [0, 0.05) is 0 Å². The molecule has 0 saturated heterocycles. The van der Waals surface area contributed by atoms with E-state index >= 15 is 0 Å². The summed E-state index contributed by atoms with van der Waals surface area (Å²) >= 11 is 5.10. The zero-order valence-electron chi connectivity index (χ0n) is 6.16. The van der Waals surface area contributed by atoms with Crippen molar-refractivity contribution >= 4 is 16.8 Å². The van der Waals surface area contributed by atoms with E-state index in [-0.39, 0.29) is 0 Å².